The fourth-order valence-electron chi connectivity index (χ4n) is 11.7. The number of nitrogens with one attached hydrogen (secondary N) is 4. The standard InChI is InChI=1S/2C32H18N8O3S.Al.ClH/c2*41-44(42,43)23-15-7-14-22-24(23)32-39-30-21-13-6-5-12-20(21)28(37-30)35-26-17-9-2-1-8-16(17)25(33-26)34-27-18-10-3-4-11-19(18)29(36-27)38-31(22)40-32;;/h2*1-15H,(H,41,42,43)(H2,33,34,35,36,37,38,39,40);;1H/q;;+3;/p-3. The van der Waals surface area contributed by atoms with Crippen LogP contribution in [0.4, 0.5) is 0 Å². The van der Waals surface area contributed by atoms with E-state index in [0.29, 0.717) is 102 Å². The van der Waals surface area contributed by atoms with Crippen molar-refractivity contribution < 1.29 is 25.9 Å². The first-order valence-electron chi connectivity index (χ1n) is 27.4. The molecule has 14 aromatic rings. The molecule has 6 aromatic heterocycles. The predicted octanol–water partition coefficient (Wildman–Crippen LogP) is 11.9. The molecule has 0 amide bonds. The van der Waals surface area contributed by atoms with Crippen molar-refractivity contribution in [1.82, 2.24) is 79.7 Å². The molecule has 0 fully saturated rings. The summed E-state index contributed by atoms with van der Waals surface area (Å²) in [5, 5.41) is 4.49. The summed E-state index contributed by atoms with van der Waals surface area (Å²) in [7, 11) is -5.18. The average Bonchev–Trinajstić information content (AvgIpc) is 1.65. The van der Waals surface area contributed by atoms with Crippen molar-refractivity contribution in [3.63, 3.8) is 0 Å². The molecule has 0 saturated heterocycles. The molecule has 22 nitrogen and oxygen atoms in total. The van der Waals surface area contributed by atoms with Crippen LogP contribution in [0.1, 0.15) is 0 Å². The fraction of sp³-hybridized carbons (Fsp3) is 0. The summed E-state index contributed by atoms with van der Waals surface area (Å²) in [6, 6.07) is 54.7. The molecule has 4 N–H and O–H groups in total. The zero-order valence-corrected chi connectivity index (χ0v) is 49.5. The van der Waals surface area contributed by atoms with Crippen LogP contribution in [-0.2, 0) is 20.2 Å². The van der Waals surface area contributed by atoms with Gasteiger partial charge in [-0.15, -0.1) is 0 Å². The van der Waals surface area contributed by atoms with Gasteiger partial charge >= 0.3 is 25.4 Å². The summed E-state index contributed by atoms with van der Waals surface area (Å²) in [6.45, 7) is 0. The molecular weight excluding hydrogens is 1220 g/mol. The van der Waals surface area contributed by atoms with E-state index in [0.717, 1.165) is 54.9 Å². The molecule has 18 rings (SSSR count). The summed E-state index contributed by atoms with van der Waals surface area (Å²) in [6.07, 6.45) is 0. The predicted molar refractivity (Wildman–Crippen MR) is 340 cm³/mol. The monoisotopic (exact) mass is 1250 g/mol. The van der Waals surface area contributed by atoms with E-state index in [-0.39, 0.29) is 22.1 Å². The Morgan fingerprint density at radius 1 is 0.256 bits per heavy atom. The van der Waals surface area contributed by atoms with Crippen molar-refractivity contribution in [1.29, 1.82) is 0 Å². The second-order valence-corrected chi connectivity index (χ2v) is 23.5. The van der Waals surface area contributed by atoms with Crippen LogP contribution in [0.2, 0.25) is 0 Å². The second-order valence-electron chi connectivity index (χ2n) is 20.8. The van der Waals surface area contributed by atoms with Gasteiger partial charge in [-0.25, -0.2) is 76.6 Å². The number of rotatable bonds is 2. The van der Waals surface area contributed by atoms with E-state index in [1.807, 2.05) is 161 Å². The van der Waals surface area contributed by atoms with E-state index in [2.05, 4.69) is 30.0 Å². The zero-order valence-electron chi connectivity index (χ0n) is 45.9. The van der Waals surface area contributed by atoms with Crippen molar-refractivity contribution >= 4 is 134 Å². The summed E-state index contributed by atoms with van der Waals surface area (Å²) >= 11 is 1.89. The first-order chi connectivity index (χ1) is 43.8. The number of aromatic nitrogens is 16. The maximum atomic E-state index is 12.4. The molecule has 0 aliphatic carbocycles. The molecule has 4 aliphatic heterocycles. The molecule has 0 spiro atoms. The molecule has 10 heterocycles. The molecule has 0 unspecified atom stereocenters. The van der Waals surface area contributed by atoms with Gasteiger partial charge in [0.1, 0.15) is 65.4 Å². The number of H-pyrrole nitrogens is 4. The van der Waals surface area contributed by atoms with E-state index < -0.39 is 30.0 Å². The van der Waals surface area contributed by atoms with Gasteiger partial charge in [0.05, 0.1) is 9.79 Å². The minimum atomic E-state index is -4.87. The minimum absolute atomic E-state index is 0.122. The summed E-state index contributed by atoms with van der Waals surface area (Å²) < 4.78 is 74.5. The number of halogens is 1. The van der Waals surface area contributed by atoms with Gasteiger partial charge in [-0.2, -0.15) is 0 Å². The van der Waals surface area contributed by atoms with Crippen molar-refractivity contribution in [2.75, 3.05) is 0 Å². The summed E-state index contributed by atoms with van der Waals surface area (Å²) in [5.74, 6) is 3.09. The molecule has 26 heteroatoms. The molecule has 428 valence electrons. The Hall–Kier alpha value is -10.9. The number of aromatic amines is 4. The summed E-state index contributed by atoms with van der Waals surface area (Å²) in [4.78, 5) is 70.4. The van der Waals surface area contributed by atoms with Gasteiger partial charge in [-0.3, -0.25) is 0 Å². The number of fused-ring (bicyclic) bond motifs is 40. The van der Waals surface area contributed by atoms with Gasteiger partial charge in [0.25, 0.3) is 0 Å². The Morgan fingerprint density at radius 3 is 0.678 bits per heavy atom. The van der Waals surface area contributed by atoms with Crippen LogP contribution in [0.3, 0.4) is 0 Å². The summed E-state index contributed by atoms with van der Waals surface area (Å²) in [5.41, 5.74) is 9.09. The first kappa shape index (κ1) is 54.5. The third kappa shape index (κ3) is 8.98. The maximum absolute atomic E-state index is 12.4. The van der Waals surface area contributed by atoms with Gasteiger partial charge in [0, 0.05) is 87.6 Å². The van der Waals surface area contributed by atoms with Gasteiger partial charge in [-0.05, 0) is 12.1 Å². The van der Waals surface area contributed by atoms with Crippen LogP contribution in [0.5, 0.6) is 0 Å². The first-order valence-corrected chi connectivity index (χ1v) is 32.0. The van der Waals surface area contributed by atoms with Crippen LogP contribution in [-0.4, -0.2) is 121 Å². The van der Waals surface area contributed by atoms with Crippen molar-refractivity contribution in [2.24, 2.45) is 0 Å². The van der Waals surface area contributed by atoms with Gasteiger partial charge in [-0.1, -0.05) is 170 Å². The normalized spacial score (nSPS) is 12.2. The van der Waals surface area contributed by atoms with E-state index in [4.69, 9.17) is 59.8 Å². The van der Waals surface area contributed by atoms with E-state index in [1.54, 1.807) is 12.1 Å². The number of hydrogen-bond donors (Lipinski definition) is 4. The van der Waals surface area contributed by atoms with Crippen molar-refractivity contribution in [2.45, 2.75) is 9.79 Å². The van der Waals surface area contributed by atoms with Crippen LogP contribution in [0.25, 0.3) is 179 Å². The van der Waals surface area contributed by atoms with Gasteiger partial charge < -0.3 is 29.0 Å². The Morgan fingerprint density at radius 2 is 0.444 bits per heavy atom. The fourth-order valence-corrected chi connectivity index (χ4v) is 13.1. The quantitative estimate of drug-likeness (QED) is 0.0922. The third-order valence-electron chi connectivity index (χ3n) is 15.6. The van der Waals surface area contributed by atoms with Crippen molar-refractivity contribution in [3.8, 4) is 91.1 Å². The van der Waals surface area contributed by atoms with Crippen LogP contribution in [0, 0.1) is 0 Å². The van der Waals surface area contributed by atoms with E-state index >= 15 is 0 Å². The molecule has 0 atom stereocenters. The van der Waals surface area contributed by atoms with Gasteiger partial charge in [0.15, 0.2) is 46.6 Å². The second kappa shape index (κ2) is 20.9. The molecule has 4 aliphatic rings. The molecular formula is C64H34AlClN16O6S2. The SMILES string of the molecule is O=S(=O)([O-])c1cccc2c3nc4nc(nc5[nH]c(nc6nc(nc([nH]3)c12)-c1ccccc1-6)c1ccccc51)-c1ccccc1-4.O=S(=O)([O-])c1cccc2c3nc4nc(nc5[nH]c(nc6nc(nc([nH]3)c12)-c1ccccc1-6)c1ccccc51)-c1ccccc1-4.[Al+2][Cl]. The number of hydrogen-bond acceptors (Lipinski definition) is 18. The van der Waals surface area contributed by atoms with Crippen LogP contribution >= 0.6 is 10.0 Å². The van der Waals surface area contributed by atoms with E-state index in [1.165, 1.54) is 24.3 Å². The zero-order chi connectivity index (χ0) is 61.2. The number of nitrogens with zero attached hydrogens (tertiary/aromatic N) is 12. The van der Waals surface area contributed by atoms with Crippen molar-refractivity contribution in [3.05, 3.63) is 182 Å². The molecule has 0 saturated carbocycles. The van der Waals surface area contributed by atoms with E-state index in [9.17, 15) is 25.9 Å². The Balaban J connectivity index is 0.000000140. The Bertz CT molecular complexity index is 5700. The molecule has 0 radical (unpaired) electrons. The average molecular weight is 1250 g/mol. The Labute approximate surface area is 519 Å². The topological polar surface area (TPSA) is 332 Å². The van der Waals surface area contributed by atoms with Crippen LogP contribution in [0.15, 0.2) is 192 Å². The van der Waals surface area contributed by atoms with Gasteiger partial charge in [0.2, 0.25) is 0 Å². The third-order valence-corrected chi connectivity index (χ3v) is 17.4. The molecule has 16 bridgehead atoms. The molecule has 8 aromatic carbocycles. The number of benzene rings is 8. The Kier molecular flexibility index (Phi) is 12.7. The molecule has 90 heavy (non-hydrogen) atoms. The van der Waals surface area contributed by atoms with Crippen LogP contribution < -0.4 is 0 Å².